The first-order valence-electron chi connectivity index (χ1n) is 6.92. The van der Waals surface area contributed by atoms with Gasteiger partial charge < -0.3 is 15.1 Å². The minimum absolute atomic E-state index is 0.150. The Hall–Kier alpha value is -1.85. The summed E-state index contributed by atoms with van der Waals surface area (Å²) in [7, 11) is 4.05. The Morgan fingerprint density at radius 2 is 1.90 bits per heavy atom. The molecule has 0 bridgehead atoms. The average molecular weight is 303 g/mol. The van der Waals surface area contributed by atoms with E-state index in [1.54, 1.807) is 6.26 Å². The van der Waals surface area contributed by atoms with Gasteiger partial charge in [-0.1, -0.05) is 30.3 Å². The summed E-state index contributed by atoms with van der Waals surface area (Å²) in [5.74, 6) is 0.929. The maximum Gasteiger partial charge on any atom is 0.166 e. The highest BCUT2D eigenvalue weighted by Crippen LogP contribution is 2.17. The molecule has 1 unspecified atom stereocenters. The molecule has 0 aliphatic rings. The molecule has 0 saturated heterocycles. The van der Waals surface area contributed by atoms with Crippen LogP contribution >= 0.6 is 12.2 Å². The molecule has 0 aliphatic carbocycles. The molecule has 2 rings (SSSR count). The van der Waals surface area contributed by atoms with Gasteiger partial charge >= 0.3 is 0 Å². The number of benzene rings is 1. The number of nitrogens with one attached hydrogen (secondary N) is 2. The molecular weight excluding hydrogens is 282 g/mol. The maximum atomic E-state index is 5.47. The van der Waals surface area contributed by atoms with Crippen LogP contribution in [0.15, 0.2) is 53.1 Å². The van der Waals surface area contributed by atoms with E-state index in [0.717, 1.165) is 12.3 Å². The summed E-state index contributed by atoms with van der Waals surface area (Å²) in [6.07, 6.45) is 1.69. The summed E-state index contributed by atoms with van der Waals surface area (Å²) >= 11 is 5.32. The van der Waals surface area contributed by atoms with Crippen molar-refractivity contribution in [2.75, 3.05) is 20.6 Å². The van der Waals surface area contributed by atoms with E-state index in [0.29, 0.717) is 11.7 Å². The minimum atomic E-state index is 0.150. The van der Waals surface area contributed by atoms with Crippen molar-refractivity contribution in [3.8, 4) is 0 Å². The SMILES string of the molecule is CN(C)C(CNC(=S)NCc1ccccc1)c1ccco1. The fourth-order valence-electron chi connectivity index (χ4n) is 2.05. The molecule has 0 radical (unpaired) electrons. The third kappa shape index (κ3) is 4.88. The van der Waals surface area contributed by atoms with E-state index < -0.39 is 0 Å². The third-order valence-corrected chi connectivity index (χ3v) is 3.54. The van der Waals surface area contributed by atoms with Crippen LogP contribution in [0.3, 0.4) is 0 Å². The summed E-state index contributed by atoms with van der Waals surface area (Å²) in [5, 5.41) is 7.10. The third-order valence-electron chi connectivity index (χ3n) is 3.25. The van der Waals surface area contributed by atoms with Gasteiger partial charge in [-0.2, -0.15) is 0 Å². The number of nitrogens with zero attached hydrogens (tertiary/aromatic N) is 1. The molecule has 2 N–H and O–H groups in total. The topological polar surface area (TPSA) is 40.4 Å². The first-order valence-corrected chi connectivity index (χ1v) is 7.33. The second kappa shape index (κ2) is 7.81. The van der Waals surface area contributed by atoms with E-state index in [2.05, 4.69) is 27.7 Å². The van der Waals surface area contributed by atoms with Gasteiger partial charge in [0.1, 0.15) is 5.76 Å². The van der Waals surface area contributed by atoms with Crippen LogP contribution in [-0.2, 0) is 6.54 Å². The van der Waals surface area contributed by atoms with Gasteiger partial charge in [0, 0.05) is 13.1 Å². The fourth-order valence-corrected chi connectivity index (χ4v) is 2.20. The normalized spacial score (nSPS) is 12.1. The van der Waals surface area contributed by atoms with Gasteiger partial charge in [0.15, 0.2) is 5.11 Å². The molecule has 2 aromatic rings. The van der Waals surface area contributed by atoms with Crippen LogP contribution in [0, 0.1) is 0 Å². The van der Waals surface area contributed by atoms with Crippen LogP contribution in [-0.4, -0.2) is 30.7 Å². The monoisotopic (exact) mass is 303 g/mol. The van der Waals surface area contributed by atoms with Gasteiger partial charge in [-0.05, 0) is 44.0 Å². The number of thiocarbonyl (C=S) groups is 1. The lowest BCUT2D eigenvalue weighted by atomic mass is 10.2. The molecule has 112 valence electrons. The van der Waals surface area contributed by atoms with Crippen molar-refractivity contribution in [2.45, 2.75) is 12.6 Å². The van der Waals surface area contributed by atoms with E-state index in [1.807, 2.05) is 44.4 Å². The maximum absolute atomic E-state index is 5.47. The summed E-state index contributed by atoms with van der Waals surface area (Å²) < 4.78 is 5.47. The van der Waals surface area contributed by atoms with E-state index >= 15 is 0 Å². The molecule has 1 heterocycles. The van der Waals surface area contributed by atoms with E-state index in [9.17, 15) is 0 Å². The Morgan fingerprint density at radius 1 is 1.14 bits per heavy atom. The van der Waals surface area contributed by atoms with Crippen molar-refractivity contribution in [3.05, 3.63) is 60.1 Å². The van der Waals surface area contributed by atoms with Crippen molar-refractivity contribution < 1.29 is 4.42 Å². The van der Waals surface area contributed by atoms with Crippen molar-refractivity contribution in [3.63, 3.8) is 0 Å². The highest BCUT2D eigenvalue weighted by atomic mass is 32.1. The zero-order chi connectivity index (χ0) is 15.1. The molecule has 0 amide bonds. The van der Waals surface area contributed by atoms with Crippen molar-refractivity contribution in [2.24, 2.45) is 0 Å². The molecule has 1 atom stereocenters. The van der Waals surface area contributed by atoms with Crippen LogP contribution in [0.2, 0.25) is 0 Å². The smallest absolute Gasteiger partial charge is 0.166 e. The van der Waals surface area contributed by atoms with Crippen LogP contribution in [0.1, 0.15) is 17.4 Å². The second-order valence-corrected chi connectivity index (χ2v) is 5.45. The van der Waals surface area contributed by atoms with Crippen LogP contribution in [0.5, 0.6) is 0 Å². The predicted octanol–water partition coefficient (Wildman–Crippen LogP) is 2.55. The van der Waals surface area contributed by atoms with Gasteiger partial charge in [0.25, 0.3) is 0 Å². The molecule has 0 fully saturated rings. The van der Waals surface area contributed by atoms with Crippen molar-refractivity contribution in [1.29, 1.82) is 0 Å². The van der Waals surface area contributed by atoms with E-state index in [1.165, 1.54) is 5.56 Å². The fraction of sp³-hybridized carbons (Fsp3) is 0.312. The average Bonchev–Trinajstić information content (AvgIpc) is 3.00. The summed E-state index contributed by atoms with van der Waals surface area (Å²) in [6.45, 7) is 1.42. The Balaban J connectivity index is 1.80. The van der Waals surface area contributed by atoms with Crippen molar-refractivity contribution in [1.82, 2.24) is 15.5 Å². The van der Waals surface area contributed by atoms with E-state index in [4.69, 9.17) is 16.6 Å². The second-order valence-electron chi connectivity index (χ2n) is 5.04. The zero-order valence-corrected chi connectivity index (χ0v) is 13.2. The van der Waals surface area contributed by atoms with E-state index in [-0.39, 0.29) is 6.04 Å². The van der Waals surface area contributed by atoms with Gasteiger partial charge in [0.2, 0.25) is 0 Å². The molecular formula is C16H21N3OS. The summed E-state index contributed by atoms with van der Waals surface area (Å²) in [5.41, 5.74) is 1.21. The Kier molecular flexibility index (Phi) is 5.78. The van der Waals surface area contributed by atoms with Gasteiger partial charge in [-0.25, -0.2) is 0 Å². The standard InChI is InChI=1S/C16H21N3OS/c1-19(2)14(15-9-6-10-20-15)12-18-16(21)17-11-13-7-4-3-5-8-13/h3-10,14H,11-12H2,1-2H3,(H2,17,18,21). The molecule has 1 aromatic carbocycles. The highest BCUT2D eigenvalue weighted by Gasteiger charge is 2.16. The number of hydrogen-bond donors (Lipinski definition) is 2. The first kappa shape index (κ1) is 15.5. The predicted molar refractivity (Wildman–Crippen MR) is 89.0 cm³/mol. The number of hydrogen-bond acceptors (Lipinski definition) is 3. The van der Waals surface area contributed by atoms with Gasteiger partial charge in [-0.15, -0.1) is 0 Å². The molecule has 0 spiro atoms. The van der Waals surface area contributed by atoms with Crippen molar-refractivity contribution >= 4 is 17.3 Å². The Morgan fingerprint density at radius 3 is 2.52 bits per heavy atom. The molecule has 21 heavy (non-hydrogen) atoms. The summed E-state index contributed by atoms with van der Waals surface area (Å²) in [6, 6.07) is 14.2. The van der Waals surface area contributed by atoms with Gasteiger partial charge in [-0.3, -0.25) is 4.90 Å². The number of likely N-dealkylation sites (N-methyl/N-ethyl adjacent to an activating group) is 1. The van der Waals surface area contributed by atoms with Gasteiger partial charge in [0.05, 0.1) is 12.3 Å². The lowest BCUT2D eigenvalue weighted by Gasteiger charge is -2.23. The first-order chi connectivity index (χ1) is 10.2. The highest BCUT2D eigenvalue weighted by molar-refractivity contribution is 7.80. The van der Waals surface area contributed by atoms with Crippen LogP contribution < -0.4 is 10.6 Å². The van der Waals surface area contributed by atoms with Crippen LogP contribution in [0.4, 0.5) is 0 Å². The zero-order valence-electron chi connectivity index (χ0n) is 12.4. The largest absolute Gasteiger partial charge is 0.468 e. The minimum Gasteiger partial charge on any atom is -0.468 e. The van der Waals surface area contributed by atoms with Crippen LogP contribution in [0.25, 0.3) is 0 Å². The lowest BCUT2D eigenvalue weighted by Crippen LogP contribution is -2.39. The molecule has 0 aliphatic heterocycles. The Bertz CT molecular complexity index is 540. The lowest BCUT2D eigenvalue weighted by molar-refractivity contribution is 0.258. The molecule has 5 heteroatoms. The molecule has 0 saturated carbocycles. The Labute approximate surface area is 131 Å². The quantitative estimate of drug-likeness (QED) is 0.803. The summed E-state index contributed by atoms with van der Waals surface area (Å²) in [4.78, 5) is 2.10. The molecule has 1 aromatic heterocycles. The molecule has 4 nitrogen and oxygen atoms in total. The number of furan rings is 1. The number of rotatable bonds is 6.